The monoisotopic (exact) mass is 412 g/mol. The molecule has 1 aliphatic rings. The van der Waals surface area contributed by atoms with Crippen LogP contribution in [0.1, 0.15) is 30.9 Å². The molecule has 138 valence electrons. The number of amides is 2. The molecule has 0 radical (unpaired) electrons. The number of halogens is 3. The van der Waals surface area contributed by atoms with E-state index in [1.807, 2.05) is 0 Å². The zero-order chi connectivity index (χ0) is 18.7. The first-order valence-corrected chi connectivity index (χ1v) is 9.53. The van der Waals surface area contributed by atoms with Crippen LogP contribution in [0.5, 0.6) is 0 Å². The number of benzene rings is 2. The second kappa shape index (κ2) is 8.49. The van der Waals surface area contributed by atoms with Gasteiger partial charge in [-0.1, -0.05) is 46.9 Å². The quantitative estimate of drug-likeness (QED) is 0.654. The molecule has 2 N–H and O–H groups in total. The van der Waals surface area contributed by atoms with Gasteiger partial charge < -0.3 is 15.3 Å². The molecule has 1 unspecified atom stereocenters. The Hall–Kier alpha value is -1.46. The van der Waals surface area contributed by atoms with Crippen LogP contribution in [0.25, 0.3) is 0 Å². The second-order valence-electron chi connectivity index (χ2n) is 6.37. The number of carbonyl (C=O) groups is 1. The Morgan fingerprint density at radius 2 is 1.92 bits per heavy atom. The van der Waals surface area contributed by atoms with Gasteiger partial charge >= 0.3 is 6.03 Å². The summed E-state index contributed by atoms with van der Waals surface area (Å²) in [5, 5.41) is 14.8. The molecular formula is C19H19Cl3N2O2. The van der Waals surface area contributed by atoms with Crippen molar-refractivity contribution in [1.82, 2.24) is 4.90 Å². The van der Waals surface area contributed by atoms with Crippen molar-refractivity contribution in [2.24, 2.45) is 0 Å². The van der Waals surface area contributed by atoms with Crippen LogP contribution in [0.2, 0.25) is 15.1 Å². The molecule has 0 saturated heterocycles. The Morgan fingerprint density at radius 1 is 1.15 bits per heavy atom. The fraction of sp³-hybridized carbons (Fsp3) is 0.316. The van der Waals surface area contributed by atoms with E-state index in [9.17, 15) is 9.90 Å². The largest absolute Gasteiger partial charge is 0.387 e. The van der Waals surface area contributed by atoms with Gasteiger partial charge in [-0.2, -0.15) is 0 Å². The minimum atomic E-state index is -0.851. The predicted octanol–water partition coefficient (Wildman–Crippen LogP) is 5.77. The van der Waals surface area contributed by atoms with Crippen LogP contribution in [0, 0.1) is 0 Å². The Morgan fingerprint density at radius 3 is 2.54 bits per heavy atom. The summed E-state index contributed by atoms with van der Waals surface area (Å²) in [6.45, 7) is 0.176. The zero-order valence-corrected chi connectivity index (χ0v) is 16.2. The van der Waals surface area contributed by atoms with Crippen molar-refractivity contribution in [3.05, 3.63) is 63.1 Å². The highest BCUT2D eigenvalue weighted by Gasteiger charge is 2.30. The summed E-state index contributed by atoms with van der Waals surface area (Å²) in [6, 6.07) is 11.8. The van der Waals surface area contributed by atoms with Gasteiger partial charge in [-0.25, -0.2) is 4.79 Å². The van der Waals surface area contributed by atoms with Crippen molar-refractivity contribution in [1.29, 1.82) is 0 Å². The van der Waals surface area contributed by atoms with Gasteiger partial charge in [0.25, 0.3) is 0 Å². The fourth-order valence-electron chi connectivity index (χ4n) is 2.87. The first kappa shape index (κ1) is 19.3. The number of nitrogens with one attached hydrogen (secondary N) is 1. The molecule has 1 atom stereocenters. The lowest BCUT2D eigenvalue weighted by Crippen LogP contribution is -2.48. The number of rotatable bonds is 5. The molecule has 4 nitrogen and oxygen atoms in total. The van der Waals surface area contributed by atoms with Crippen LogP contribution in [0.15, 0.2) is 42.5 Å². The van der Waals surface area contributed by atoms with Crippen LogP contribution in [0.3, 0.4) is 0 Å². The average Bonchev–Trinajstić information content (AvgIpc) is 2.55. The van der Waals surface area contributed by atoms with Crippen LogP contribution in [-0.2, 0) is 0 Å². The lowest BCUT2D eigenvalue weighted by Gasteiger charge is -2.38. The molecule has 0 aromatic heterocycles. The molecule has 2 amide bonds. The average molecular weight is 414 g/mol. The third-order valence-electron chi connectivity index (χ3n) is 4.55. The Labute approximate surface area is 167 Å². The minimum Gasteiger partial charge on any atom is -0.387 e. The van der Waals surface area contributed by atoms with Crippen molar-refractivity contribution in [2.75, 3.05) is 11.9 Å². The Balaban J connectivity index is 1.73. The van der Waals surface area contributed by atoms with Crippen LogP contribution in [-0.4, -0.2) is 28.6 Å². The highest BCUT2D eigenvalue weighted by atomic mass is 35.5. The van der Waals surface area contributed by atoms with E-state index >= 15 is 0 Å². The van der Waals surface area contributed by atoms with E-state index in [1.165, 1.54) is 0 Å². The summed E-state index contributed by atoms with van der Waals surface area (Å²) in [4.78, 5) is 14.4. The van der Waals surface area contributed by atoms with Gasteiger partial charge in [0.1, 0.15) is 0 Å². The summed E-state index contributed by atoms with van der Waals surface area (Å²) < 4.78 is 0. The van der Waals surface area contributed by atoms with E-state index in [1.54, 1.807) is 47.4 Å². The molecule has 0 spiro atoms. The van der Waals surface area contributed by atoms with Gasteiger partial charge in [0.15, 0.2) is 0 Å². The van der Waals surface area contributed by atoms with Crippen molar-refractivity contribution < 1.29 is 9.90 Å². The molecule has 7 heteroatoms. The molecule has 0 aliphatic heterocycles. The maximum absolute atomic E-state index is 12.8. The number of hydrogen-bond acceptors (Lipinski definition) is 2. The predicted molar refractivity (Wildman–Crippen MR) is 106 cm³/mol. The summed E-state index contributed by atoms with van der Waals surface area (Å²) >= 11 is 17.9. The summed E-state index contributed by atoms with van der Waals surface area (Å²) in [7, 11) is 0. The lowest BCUT2D eigenvalue weighted by atomic mass is 9.91. The van der Waals surface area contributed by atoms with Crippen molar-refractivity contribution in [3.63, 3.8) is 0 Å². The molecule has 3 rings (SSSR count). The summed E-state index contributed by atoms with van der Waals surface area (Å²) in [6.07, 6.45) is 2.08. The normalized spacial score (nSPS) is 15.2. The highest BCUT2D eigenvalue weighted by molar-refractivity contribution is 6.42. The standard InChI is InChI=1S/C19H19Cl3N2O2/c20-13-3-1-4-14(10-13)23-19(26)24(15-5-2-6-15)11-18(25)12-7-8-16(21)17(22)9-12/h1,3-4,7-10,15,18,25H,2,5-6,11H2,(H,23,26). The number of urea groups is 1. The van der Waals surface area contributed by atoms with E-state index in [0.29, 0.717) is 26.3 Å². The van der Waals surface area contributed by atoms with Crippen LogP contribution < -0.4 is 5.32 Å². The first-order chi connectivity index (χ1) is 12.4. The topological polar surface area (TPSA) is 52.6 Å². The summed E-state index contributed by atoms with van der Waals surface area (Å²) in [5.41, 5.74) is 1.25. The number of hydrogen-bond donors (Lipinski definition) is 2. The fourth-order valence-corrected chi connectivity index (χ4v) is 3.37. The van der Waals surface area contributed by atoms with Crippen LogP contribution >= 0.6 is 34.8 Å². The summed E-state index contributed by atoms with van der Waals surface area (Å²) in [5.74, 6) is 0. The van der Waals surface area contributed by atoms with E-state index < -0.39 is 6.10 Å². The molecule has 0 heterocycles. The lowest BCUT2D eigenvalue weighted by molar-refractivity contribution is 0.0840. The van der Waals surface area contributed by atoms with E-state index in [-0.39, 0.29) is 18.6 Å². The minimum absolute atomic E-state index is 0.117. The molecule has 26 heavy (non-hydrogen) atoms. The molecule has 1 aliphatic carbocycles. The van der Waals surface area contributed by atoms with Gasteiger partial charge in [-0.15, -0.1) is 0 Å². The number of aliphatic hydroxyl groups is 1. The smallest absolute Gasteiger partial charge is 0.322 e. The van der Waals surface area contributed by atoms with Gasteiger partial charge in [0, 0.05) is 16.8 Å². The molecular weight excluding hydrogens is 395 g/mol. The van der Waals surface area contributed by atoms with Crippen molar-refractivity contribution in [2.45, 2.75) is 31.4 Å². The number of aliphatic hydroxyl groups excluding tert-OH is 1. The van der Waals surface area contributed by atoms with Gasteiger partial charge in [-0.05, 0) is 55.2 Å². The van der Waals surface area contributed by atoms with E-state index in [2.05, 4.69) is 5.32 Å². The first-order valence-electron chi connectivity index (χ1n) is 8.40. The number of nitrogens with zero attached hydrogens (tertiary/aromatic N) is 1. The molecule has 2 aromatic rings. The van der Waals surface area contributed by atoms with E-state index in [0.717, 1.165) is 19.3 Å². The maximum Gasteiger partial charge on any atom is 0.322 e. The van der Waals surface area contributed by atoms with Crippen molar-refractivity contribution in [3.8, 4) is 0 Å². The van der Waals surface area contributed by atoms with Crippen molar-refractivity contribution >= 4 is 46.5 Å². The van der Waals surface area contributed by atoms with Crippen LogP contribution in [0.4, 0.5) is 10.5 Å². The van der Waals surface area contributed by atoms with Gasteiger partial charge in [-0.3, -0.25) is 0 Å². The molecule has 1 saturated carbocycles. The highest BCUT2D eigenvalue weighted by Crippen LogP contribution is 2.30. The zero-order valence-electron chi connectivity index (χ0n) is 14.0. The number of anilines is 1. The van der Waals surface area contributed by atoms with E-state index in [4.69, 9.17) is 34.8 Å². The van der Waals surface area contributed by atoms with Gasteiger partial charge in [0.05, 0.1) is 22.7 Å². The molecule has 0 bridgehead atoms. The SMILES string of the molecule is O=C(Nc1cccc(Cl)c1)N(CC(O)c1ccc(Cl)c(Cl)c1)C1CCC1. The third kappa shape index (κ3) is 4.63. The second-order valence-corrected chi connectivity index (χ2v) is 7.62. The molecule has 2 aromatic carbocycles. The van der Waals surface area contributed by atoms with Gasteiger partial charge in [0.2, 0.25) is 0 Å². The Bertz CT molecular complexity index is 796. The molecule has 1 fully saturated rings. The Kier molecular flexibility index (Phi) is 6.30. The third-order valence-corrected chi connectivity index (χ3v) is 5.52. The number of carbonyl (C=O) groups excluding carboxylic acids is 1. The maximum atomic E-state index is 12.8.